The SMILES string of the molecule is CN(Cc1ccc(CN)cc1)C1CCCCC1O. The highest BCUT2D eigenvalue weighted by atomic mass is 16.3. The third kappa shape index (κ3) is 3.31. The molecule has 1 aliphatic rings. The molecule has 0 aliphatic heterocycles. The fourth-order valence-corrected chi connectivity index (χ4v) is 2.79. The van der Waals surface area contributed by atoms with Crippen LogP contribution in [0.25, 0.3) is 0 Å². The largest absolute Gasteiger partial charge is 0.391 e. The summed E-state index contributed by atoms with van der Waals surface area (Å²) in [6.45, 7) is 1.49. The fourth-order valence-electron chi connectivity index (χ4n) is 2.79. The van der Waals surface area contributed by atoms with Crippen molar-refractivity contribution in [3.8, 4) is 0 Å². The first kappa shape index (κ1) is 13.5. The predicted molar refractivity (Wildman–Crippen MR) is 74.1 cm³/mol. The average Bonchev–Trinajstić information content (AvgIpc) is 2.40. The Morgan fingerprint density at radius 1 is 1.17 bits per heavy atom. The van der Waals surface area contributed by atoms with Crippen LogP contribution in [0, 0.1) is 0 Å². The molecular formula is C15H24N2O. The number of hydrogen-bond donors (Lipinski definition) is 2. The third-order valence-electron chi connectivity index (χ3n) is 3.95. The molecule has 100 valence electrons. The van der Waals surface area contributed by atoms with Crippen molar-refractivity contribution in [2.75, 3.05) is 7.05 Å². The van der Waals surface area contributed by atoms with Crippen LogP contribution >= 0.6 is 0 Å². The lowest BCUT2D eigenvalue weighted by atomic mass is 9.91. The quantitative estimate of drug-likeness (QED) is 0.855. The van der Waals surface area contributed by atoms with Gasteiger partial charge in [-0.15, -0.1) is 0 Å². The first-order chi connectivity index (χ1) is 8.70. The second-order valence-corrected chi connectivity index (χ2v) is 5.35. The normalized spacial score (nSPS) is 24.4. The average molecular weight is 248 g/mol. The molecule has 0 saturated heterocycles. The maximum absolute atomic E-state index is 10.0. The minimum atomic E-state index is -0.160. The van der Waals surface area contributed by atoms with E-state index in [4.69, 9.17) is 5.73 Å². The van der Waals surface area contributed by atoms with Gasteiger partial charge in [0.05, 0.1) is 6.10 Å². The minimum absolute atomic E-state index is 0.160. The lowest BCUT2D eigenvalue weighted by Gasteiger charge is -2.35. The molecule has 1 saturated carbocycles. The molecule has 1 fully saturated rings. The number of hydrogen-bond acceptors (Lipinski definition) is 3. The molecule has 3 N–H and O–H groups in total. The summed E-state index contributed by atoms with van der Waals surface area (Å²) in [5, 5.41) is 10.0. The van der Waals surface area contributed by atoms with E-state index in [1.165, 1.54) is 17.5 Å². The summed E-state index contributed by atoms with van der Waals surface area (Å²) in [4.78, 5) is 2.28. The molecule has 2 atom stereocenters. The summed E-state index contributed by atoms with van der Waals surface area (Å²) in [6, 6.07) is 8.75. The summed E-state index contributed by atoms with van der Waals surface area (Å²) in [6.07, 6.45) is 4.29. The van der Waals surface area contributed by atoms with Crippen LogP contribution in [0.1, 0.15) is 36.8 Å². The van der Waals surface area contributed by atoms with Crippen LogP contribution in [-0.4, -0.2) is 29.2 Å². The molecule has 0 spiro atoms. The molecule has 3 heteroatoms. The maximum atomic E-state index is 10.0. The zero-order valence-electron chi connectivity index (χ0n) is 11.2. The molecule has 0 radical (unpaired) electrons. The van der Waals surface area contributed by atoms with Crippen LogP contribution < -0.4 is 5.73 Å². The van der Waals surface area contributed by atoms with Crippen LogP contribution in [0.3, 0.4) is 0 Å². The summed E-state index contributed by atoms with van der Waals surface area (Å²) in [5.74, 6) is 0. The summed E-state index contributed by atoms with van der Waals surface area (Å²) in [5.41, 5.74) is 8.04. The molecular weight excluding hydrogens is 224 g/mol. The van der Waals surface area contributed by atoms with E-state index in [2.05, 4.69) is 36.2 Å². The number of aliphatic hydroxyl groups excluding tert-OH is 1. The van der Waals surface area contributed by atoms with Gasteiger partial charge in [-0.1, -0.05) is 37.1 Å². The van der Waals surface area contributed by atoms with Crippen molar-refractivity contribution < 1.29 is 5.11 Å². The fraction of sp³-hybridized carbons (Fsp3) is 0.600. The van der Waals surface area contributed by atoms with E-state index in [1.807, 2.05) is 0 Å². The maximum Gasteiger partial charge on any atom is 0.0695 e. The van der Waals surface area contributed by atoms with E-state index >= 15 is 0 Å². The van der Waals surface area contributed by atoms with Gasteiger partial charge in [0.15, 0.2) is 0 Å². The Bertz CT molecular complexity index is 363. The van der Waals surface area contributed by atoms with Crippen LogP contribution in [-0.2, 0) is 13.1 Å². The van der Waals surface area contributed by atoms with E-state index in [0.717, 1.165) is 25.8 Å². The standard InChI is InChI=1S/C15H24N2O/c1-17(14-4-2-3-5-15(14)18)11-13-8-6-12(10-16)7-9-13/h6-9,14-15,18H,2-5,10-11,16H2,1H3. The molecule has 0 heterocycles. The van der Waals surface area contributed by atoms with Crippen molar-refractivity contribution in [3.05, 3.63) is 35.4 Å². The first-order valence-electron chi connectivity index (χ1n) is 6.87. The number of nitrogens with zero attached hydrogens (tertiary/aromatic N) is 1. The van der Waals surface area contributed by atoms with E-state index in [1.54, 1.807) is 0 Å². The lowest BCUT2D eigenvalue weighted by Crippen LogP contribution is -2.42. The van der Waals surface area contributed by atoms with E-state index in [-0.39, 0.29) is 6.10 Å². The van der Waals surface area contributed by atoms with Crippen molar-refractivity contribution in [2.24, 2.45) is 5.73 Å². The van der Waals surface area contributed by atoms with Crippen molar-refractivity contribution in [2.45, 2.75) is 50.9 Å². The molecule has 0 aromatic heterocycles. The van der Waals surface area contributed by atoms with Crippen LogP contribution in [0.15, 0.2) is 24.3 Å². The summed E-state index contributed by atoms with van der Waals surface area (Å²) >= 11 is 0. The number of nitrogens with two attached hydrogens (primary N) is 1. The Balaban J connectivity index is 1.94. The second-order valence-electron chi connectivity index (χ2n) is 5.35. The van der Waals surface area contributed by atoms with Crippen LogP contribution in [0.5, 0.6) is 0 Å². The van der Waals surface area contributed by atoms with E-state index in [9.17, 15) is 5.11 Å². The molecule has 1 aromatic carbocycles. The van der Waals surface area contributed by atoms with Gasteiger partial charge >= 0.3 is 0 Å². The van der Waals surface area contributed by atoms with Crippen molar-refractivity contribution >= 4 is 0 Å². The number of rotatable bonds is 4. The number of benzene rings is 1. The Kier molecular flexibility index (Phi) is 4.75. The van der Waals surface area contributed by atoms with Gasteiger partial charge in [0.1, 0.15) is 0 Å². The van der Waals surface area contributed by atoms with Gasteiger partial charge < -0.3 is 10.8 Å². The molecule has 2 rings (SSSR count). The molecule has 1 aliphatic carbocycles. The molecule has 2 unspecified atom stereocenters. The van der Waals surface area contributed by atoms with Gasteiger partial charge in [-0.2, -0.15) is 0 Å². The first-order valence-corrected chi connectivity index (χ1v) is 6.87. The highest BCUT2D eigenvalue weighted by Crippen LogP contribution is 2.23. The van der Waals surface area contributed by atoms with Crippen molar-refractivity contribution in [1.82, 2.24) is 4.90 Å². The predicted octanol–water partition coefficient (Wildman–Crippen LogP) is 1.88. The Labute approximate surface area is 110 Å². The Morgan fingerprint density at radius 3 is 2.39 bits per heavy atom. The lowest BCUT2D eigenvalue weighted by molar-refractivity contribution is 0.0288. The topological polar surface area (TPSA) is 49.5 Å². The van der Waals surface area contributed by atoms with Crippen LogP contribution in [0.2, 0.25) is 0 Å². The van der Waals surface area contributed by atoms with Crippen molar-refractivity contribution in [3.63, 3.8) is 0 Å². The van der Waals surface area contributed by atoms with Gasteiger partial charge in [0.25, 0.3) is 0 Å². The molecule has 3 nitrogen and oxygen atoms in total. The van der Waals surface area contributed by atoms with Crippen molar-refractivity contribution in [1.29, 1.82) is 0 Å². The van der Waals surface area contributed by atoms with Crippen LogP contribution in [0.4, 0.5) is 0 Å². The van der Waals surface area contributed by atoms with Gasteiger partial charge in [0.2, 0.25) is 0 Å². The number of aliphatic hydroxyl groups is 1. The zero-order valence-corrected chi connectivity index (χ0v) is 11.2. The van der Waals surface area contributed by atoms with Gasteiger partial charge in [-0.3, -0.25) is 4.90 Å². The monoisotopic (exact) mass is 248 g/mol. The molecule has 0 bridgehead atoms. The van der Waals surface area contributed by atoms with E-state index in [0.29, 0.717) is 12.6 Å². The highest BCUT2D eigenvalue weighted by molar-refractivity contribution is 5.22. The zero-order chi connectivity index (χ0) is 13.0. The Morgan fingerprint density at radius 2 is 1.78 bits per heavy atom. The van der Waals surface area contributed by atoms with Gasteiger partial charge in [-0.25, -0.2) is 0 Å². The second kappa shape index (κ2) is 6.32. The molecule has 0 amide bonds. The summed E-state index contributed by atoms with van der Waals surface area (Å²) < 4.78 is 0. The summed E-state index contributed by atoms with van der Waals surface area (Å²) in [7, 11) is 2.11. The molecule has 18 heavy (non-hydrogen) atoms. The smallest absolute Gasteiger partial charge is 0.0695 e. The van der Waals surface area contributed by atoms with Gasteiger partial charge in [0, 0.05) is 19.1 Å². The third-order valence-corrected chi connectivity index (χ3v) is 3.95. The minimum Gasteiger partial charge on any atom is -0.391 e. The number of likely N-dealkylation sites (N-methyl/N-ethyl adjacent to an activating group) is 1. The highest BCUT2D eigenvalue weighted by Gasteiger charge is 2.26. The van der Waals surface area contributed by atoms with Gasteiger partial charge in [-0.05, 0) is 31.0 Å². The van der Waals surface area contributed by atoms with E-state index < -0.39 is 0 Å². The Hall–Kier alpha value is -0.900. The molecule has 1 aromatic rings.